The number of nitro benzene ring substituents is 1. The Bertz CT molecular complexity index is 856. The van der Waals surface area contributed by atoms with E-state index in [1.54, 1.807) is 12.1 Å². The number of non-ortho nitro benzene ring substituents is 1. The first-order chi connectivity index (χ1) is 13.0. The van der Waals surface area contributed by atoms with Gasteiger partial charge in [0.05, 0.1) is 10.6 Å². The van der Waals surface area contributed by atoms with E-state index >= 15 is 0 Å². The lowest BCUT2D eigenvalue weighted by Gasteiger charge is -2.35. The number of para-hydroxylation sites is 1. The first-order valence-corrected chi connectivity index (χ1v) is 9.71. The van der Waals surface area contributed by atoms with Crippen molar-refractivity contribution in [3.05, 3.63) is 63.7 Å². The van der Waals surface area contributed by atoms with Crippen molar-refractivity contribution >= 4 is 22.9 Å². The van der Waals surface area contributed by atoms with Crippen molar-refractivity contribution < 1.29 is 4.92 Å². The molecule has 0 atom stereocenters. The second-order valence-corrected chi connectivity index (χ2v) is 7.18. The highest BCUT2D eigenvalue weighted by Crippen LogP contribution is 2.32. The number of anilines is 1. The molecule has 1 aliphatic rings. The van der Waals surface area contributed by atoms with Gasteiger partial charge in [-0.15, -0.1) is 0 Å². The Morgan fingerprint density at radius 1 is 1.15 bits per heavy atom. The van der Waals surface area contributed by atoms with Crippen LogP contribution < -0.4 is 4.90 Å². The zero-order chi connectivity index (χ0) is 19.4. The lowest BCUT2D eigenvalue weighted by atomic mass is 9.97. The van der Waals surface area contributed by atoms with E-state index in [-0.39, 0.29) is 10.6 Å². The average Bonchev–Trinajstić information content (AvgIpc) is 2.68. The van der Waals surface area contributed by atoms with Gasteiger partial charge in [0.2, 0.25) is 0 Å². The molecule has 0 fully saturated rings. The molecule has 1 heterocycles. The molecule has 0 unspecified atom stereocenters. The van der Waals surface area contributed by atoms with Crippen molar-refractivity contribution in [3.8, 4) is 0 Å². The van der Waals surface area contributed by atoms with Gasteiger partial charge < -0.3 is 4.90 Å². The summed E-state index contributed by atoms with van der Waals surface area (Å²) in [5, 5.41) is 11.0. The zero-order valence-corrected chi connectivity index (χ0v) is 16.3. The van der Waals surface area contributed by atoms with Gasteiger partial charge in [-0.05, 0) is 42.5 Å². The molecule has 0 N–H and O–H groups in total. The number of aliphatic imine (C=N–C) groups is 1. The lowest BCUT2D eigenvalue weighted by molar-refractivity contribution is -0.384. The van der Waals surface area contributed by atoms with Gasteiger partial charge in [0.25, 0.3) is 5.69 Å². The van der Waals surface area contributed by atoms with Gasteiger partial charge in [0, 0.05) is 30.8 Å². The van der Waals surface area contributed by atoms with E-state index in [1.165, 1.54) is 17.3 Å². The normalized spacial score (nSPS) is 15.3. The first kappa shape index (κ1) is 19.1. The Kier molecular flexibility index (Phi) is 5.89. The maximum Gasteiger partial charge on any atom is 0.269 e. The van der Waals surface area contributed by atoms with E-state index in [1.807, 2.05) is 6.92 Å². The van der Waals surface area contributed by atoms with Gasteiger partial charge >= 0.3 is 0 Å². The summed E-state index contributed by atoms with van der Waals surface area (Å²) in [4.78, 5) is 17.9. The monoisotopic (exact) mass is 365 g/mol. The van der Waals surface area contributed by atoms with Crippen LogP contribution in [0.3, 0.4) is 0 Å². The minimum Gasteiger partial charge on any atom is -0.329 e. The van der Waals surface area contributed by atoms with Gasteiger partial charge in [-0.2, -0.15) is 0 Å². The first-order valence-electron chi connectivity index (χ1n) is 9.71. The van der Waals surface area contributed by atoms with Crippen molar-refractivity contribution in [2.75, 3.05) is 11.4 Å². The van der Waals surface area contributed by atoms with E-state index in [0.29, 0.717) is 5.92 Å². The summed E-state index contributed by atoms with van der Waals surface area (Å²) < 4.78 is 0. The largest absolute Gasteiger partial charge is 0.329 e. The second kappa shape index (κ2) is 8.33. The number of fused-ring (bicyclic) bond motifs is 1. The van der Waals surface area contributed by atoms with E-state index < -0.39 is 0 Å². The number of hydrogen-bond donors (Lipinski definition) is 0. The molecule has 2 aromatic carbocycles. The molecule has 0 spiro atoms. The molecule has 0 aromatic heterocycles. The Hall–Kier alpha value is -2.69. The van der Waals surface area contributed by atoms with Crippen LogP contribution in [0, 0.1) is 23.0 Å². The van der Waals surface area contributed by atoms with Gasteiger partial charge in [0.15, 0.2) is 0 Å². The molecule has 5 heteroatoms. The van der Waals surface area contributed by atoms with Crippen LogP contribution in [0.4, 0.5) is 17.1 Å². The predicted octanol–water partition coefficient (Wildman–Crippen LogP) is 5.82. The van der Waals surface area contributed by atoms with Crippen LogP contribution in [0.15, 0.2) is 47.5 Å². The summed E-state index contributed by atoms with van der Waals surface area (Å²) in [6.45, 7) is 7.31. The third kappa shape index (κ3) is 4.18. The summed E-state index contributed by atoms with van der Waals surface area (Å²) in [5.74, 6) is 1.66. The molecule has 142 valence electrons. The summed E-state index contributed by atoms with van der Waals surface area (Å²) in [7, 11) is 0. The van der Waals surface area contributed by atoms with Crippen LogP contribution in [0.2, 0.25) is 0 Å². The fraction of sp³-hybridized carbons (Fsp3) is 0.409. The number of benzene rings is 2. The van der Waals surface area contributed by atoms with Gasteiger partial charge in [-0.1, -0.05) is 44.9 Å². The SMILES string of the molecule is CCC(CC)CN1C(=Nc2ccc([N+](=O)[O-])cc2C)CCc2ccccc21. The van der Waals surface area contributed by atoms with Crippen LogP contribution in [-0.2, 0) is 6.42 Å². The highest BCUT2D eigenvalue weighted by atomic mass is 16.6. The number of aryl methyl sites for hydroxylation is 2. The summed E-state index contributed by atoms with van der Waals surface area (Å²) in [6, 6.07) is 13.4. The molecule has 5 nitrogen and oxygen atoms in total. The van der Waals surface area contributed by atoms with Crippen LogP contribution >= 0.6 is 0 Å². The highest BCUT2D eigenvalue weighted by Gasteiger charge is 2.24. The number of amidine groups is 1. The van der Waals surface area contributed by atoms with Crippen LogP contribution in [0.1, 0.15) is 44.2 Å². The van der Waals surface area contributed by atoms with Gasteiger partial charge in [-0.25, -0.2) is 4.99 Å². The molecule has 3 rings (SSSR count). The quantitative estimate of drug-likeness (QED) is 0.478. The van der Waals surface area contributed by atoms with Crippen LogP contribution in [0.25, 0.3) is 0 Å². The van der Waals surface area contributed by atoms with Crippen LogP contribution in [-0.4, -0.2) is 17.3 Å². The molecular formula is C22H27N3O2. The van der Waals surface area contributed by atoms with Crippen LogP contribution in [0.5, 0.6) is 0 Å². The Morgan fingerprint density at radius 3 is 2.56 bits per heavy atom. The lowest BCUT2D eigenvalue weighted by Crippen LogP contribution is -2.38. The minimum absolute atomic E-state index is 0.110. The van der Waals surface area contributed by atoms with Crippen molar-refractivity contribution in [2.24, 2.45) is 10.9 Å². The zero-order valence-electron chi connectivity index (χ0n) is 16.3. The molecule has 27 heavy (non-hydrogen) atoms. The molecule has 0 radical (unpaired) electrons. The van der Waals surface area contributed by atoms with E-state index in [2.05, 4.69) is 43.0 Å². The number of hydrogen-bond acceptors (Lipinski definition) is 3. The fourth-order valence-corrected chi connectivity index (χ4v) is 3.65. The fourth-order valence-electron chi connectivity index (χ4n) is 3.65. The average molecular weight is 365 g/mol. The van der Waals surface area contributed by atoms with E-state index in [4.69, 9.17) is 4.99 Å². The number of rotatable bonds is 6. The van der Waals surface area contributed by atoms with Crippen molar-refractivity contribution in [2.45, 2.75) is 46.5 Å². The Labute approximate surface area is 160 Å². The molecule has 0 bridgehead atoms. The third-order valence-electron chi connectivity index (χ3n) is 5.45. The second-order valence-electron chi connectivity index (χ2n) is 7.18. The standard InChI is InChI=1S/C22H27N3O2/c1-4-17(5-2)15-24-21-9-7-6-8-18(21)10-13-22(24)23-20-12-11-19(25(26)27)14-16(20)3/h6-9,11-12,14,17H,4-5,10,13,15H2,1-3H3. The van der Waals surface area contributed by atoms with Crippen molar-refractivity contribution in [1.29, 1.82) is 0 Å². The van der Waals surface area contributed by atoms with Gasteiger partial charge in [0.1, 0.15) is 5.84 Å². The van der Waals surface area contributed by atoms with Crippen molar-refractivity contribution in [1.82, 2.24) is 0 Å². The summed E-state index contributed by atoms with van der Waals surface area (Å²) in [6.07, 6.45) is 4.13. The molecule has 1 aliphatic heterocycles. The van der Waals surface area contributed by atoms with E-state index in [0.717, 1.165) is 49.3 Å². The summed E-state index contributed by atoms with van der Waals surface area (Å²) >= 11 is 0. The molecular weight excluding hydrogens is 338 g/mol. The van der Waals surface area contributed by atoms with Crippen molar-refractivity contribution in [3.63, 3.8) is 0 Å². The Morgan fingerprint density at radius 2 is 1.89 bits per heavy atom. The highest BCUT2D eigenvalue weighted by molar-refractivity contribution is 6.02. The summed E-state index contributed by atoms with van der Waals surface area (Å²) in [5.41, 5.74) is 4.36. The smallest absolute Gasteiger partial charge is 0.269 e. The van der Waals surface area contributed by atoms with E-state index in [9.17, 15) is 10.1 Å². The number of nitrogens with zero attached hydrogens (tertiary/aromatic N) is 3. The topological polar surface area (TPSA) is 58.7 Å². The third-order valence-corrected chi connectivity index (χ3v) is 5.45. The van der Waals surface area contributed by atoms with Gasteiger partial charge in [-0.3, -0.25) is 10.1 Å². The Balaban J connectivity index is 1.99. The minimum atomic E-state index is -0.361. The molecule has 0 saturated heterocycles. The molecule has 0 aliphatic carbocycles. The maximum atomic E-state index is 11.0. The molecule has 0 saturated carbocycles. The molecule has 0 amide bonds. The molecule has 2 aromatic rings. The maximum absolute atomic E-state index is 11.0. The number of nitro groups is 1. The predicted molar refractivity (Wildman–Crippen MR) is 111 cm³/mol.